The van der Waals surface area contributed by atoms with Crippen LogP contribution in [-0.2, 0) is 0 Å². The van der Waals surface area contributed by atoms with Crippen molar-refractivity contribution in [3.8, 4) is 0 Å². The average Bonchev–Trinajstić information content (AvgIpc) is 2.35. The number of hydrogen-bond acceptors (Lipinski definition) is 2. The van der Waals surface area contributed by atoms with Gasteiger partial charge in [-0.15, -0.1) is 0 Å². The molecule has 0 radical (unpaired) electrons. The van der Waals surface area contributed by atoms with Gasteiger partial charge in [-0.3, -0.25) is 4.98 Å². The van der Waals surface area contributed by atoms with Gasteiger partial charge in [0, 0.05) is 12.2 Å². The first-order valence-corrected chi connectivity index (χ1v) is 6.97. The highest BCUT2D eigenvalue weighted by Gasteiger charge is 2.30. The molecule has 1 N–H and O–H groups in total. The van der Waals surface area contributed by atoms with E-state index in [1.807, 2.05) is 12.3 Å². The van der Waals surface area contributed by atoms with Crippen molar-refractivity contribution in [2.24, 2.45) is 0 Å². The molecular formula is C17H20N2. The Balaban J connectivity index is 1.60. The zero-order chi connectivity index (χ0) is 13.2. The molecule has 0 saturated heterocycles. The highest BCUT2D eigenvalue weighted by Crippen LogP contribution is 2.38. The third kappa shape index (κ3) is 2.62. The van der Waals surface area contributed by atoms with Crippen molar-refractivity contribution in [3.05, 3.63) is 59.4 Å². The monoisotopic (exact) mass is 252 g/mol. The second-order valence-corrected chi connectivity index (χ2v) is 5.56. The van der Waals surface area contributed by atoms with Crippen LogP contribution < -0.4 is 5.32 Å². The Morgan fingerprint density at radius 1 is 1.11 bits per heavy atom. The van der Waals surface area contributed by atoms with Gasteiger partial charge in [0.15, 0.2) is 0 Å². The number of benzene rings is 1. The Morgan fingerprint density at radius 2 is 1.95 bits per heavy atom. The van der Waals surface area contributed by atoms with Gasteiger partial charge in [-0.25, -0.2) is 0 Å². The Kier molecular flexibility index (Phi) is 3.24. The molecule has 98 valence electrons. The van der Waals surface area contributed by atoms with Crippen LogP contribution in [0.25, 0.3) is 0 Å². The predicted molar refractivity (Wildman–Crippen MR) is 79.5 cm³/mol. The summed E-state index contributed by atoms with van der Waals surface area (Å²) in [5, 5.41) is 3.60. The van der Waals surface area contributed by atoms with Crippen LogP contribution in [0.3, 0.4) is 0 Å². The van der Waals surface area contributed by atoms with Gasteiger partial charge in [0.1, 0.15) is 0 Å². The Hall–Kier alpha value is -1.83. The van der Waals surface area contributed by atoms with E-state index in [2.05, 4.69) is 54.5 Å². The van der Waals surface area contributed by atoms with E-state index in [0.29, 0.717) is 6.04 Å². The SMILES string of the molecule is Cc1cccc(C2CC(Nc3cccnc3C)C2)c1. The maximum absolute atomic E-state index is 4.32. The quantitative estimate of drug-likeness (QED) is 0.891. The number of aromatic nitrogens is 1. The fraction of sp³-hybridized carbons (Fsp3) is 0.353. The van der Waals surface area contributed by atoms with E-state index in [1.54, 1.807) is 0 Å². The molecule has 1 fully saturated rings. The number of pyridine rings is 1. The molecule has 1 aromatic carbocycles. The van der Waals surface area contributed by atoms with Gasteiger partial charge in [-0.05, 0) is 50.3 Å². The smallest absolute Gasteiger partial charge is 0.0603 e. The molecule has 1 aliphatic rings. The highest BCUT2D eigenvalue weighted by molar-refractivity contribution is 5.48. The molecule has 2 heteroatoms. The number of aryl methyl sites for hydroxylation is 2. The topological polar surface area (TPSA) is 24.9 Å². The van der Waals surface area contributed by atoms with Gasteiger partial charge in [0.25, 0.3) is 0 Å². The predicted octanol–water partition coefficient (Wildman–Crippen LogP) is 4.06. The summed E-state index contributed by atoms with van der Waals surface area (Å²) in [4.78, 5) is 4.32. The molecular weight excluding hydrogens is 232 g/mol. The molecule has 1 aliphatic carbocycles. The third-order valence-corrected chi connectivity index (χ3v) is 4.02. The normalized spacial score (nSPS) is 21.8. The largest absolute Gasteiger partial charge is 0.381 e. The molecule has 19 heavy (non-hydrogen) atoms. The second kappa shape index (κ2) is 5.04. The van der Waals surface area contributed by atoms with Crippen LogP contribution in [0.5, 0.6) is 0 Å². The molecule has 0 bridgehead atoms. The highest BCUT2D eigenvalue weighted by atomic mass is 15.0. The summed E-state index contributed by atoms with van der Waals surface area (Å²) >= 11 is 0. The summed E-state index contributed by atoms with van der Waals surface area (Å²) in [6, 6.07) is 13.6. The van der Waals surface area contributed by atoms with E-state index in [-0.39, 0.29) is 0 Å². The van der Waals surface area contributed by atoms with Crippen LogP contribution in [0.2, 0.25) is 0 Å². The molecule has 1 aromatic heterocycles. The molecule has 0 spiro atoms. The van der Waals surface area contributed by atoms with Crippen molar-refractivity contribution < 1.29 is 0 Å². The van der Waals surface area contributed by atoms with Gasteiger partial charge in [0.05, 0.1) is 11.4 Å². The first kappa shape index (κ1) is 12.2. The van der Waals surface area contributed by atoms with E-state index in [4.69, 9.17) is 0 Å². The van der Waals surface area contributed by atoms with E-state index < -0.39 is 0 Å². The van der Waals surface area contributed by atoms with Gasteiger partial charge >= 0.3 is 0 Å². The maximum atomic E-state index is 4.32. The minimum atomic E-state index is 0.591. The lowest BCUT2D eigenvalue weighted by Crippen LogP contribution is -2.34. The fourth-order valence-corrected chi connectivity index (χ4v) is 2.79. The van der Waals surface area contributed by atoms with E-state index in [0.717, 1.165) is 11.6 Å². The van der Waals surface area contributed by atoms with Crippen LogP contribution in [0, 0.1) is 13.8 Å². The van der Waals surface area contributed by atoms with E-state index >= 15 is 0 Å². The van der Waals surface area contributed by atoms with Crippen molar-refractivity contribution >= 4 is 5.69 Å². The van der Waals surface area contributed by atoms with Crippen LogP contribution >= 0.6 is 0 Å². The Morgan fingerprint density at radius 3 is 2.68 bits per heavy atom. The van der Waals surface area contributed by atoms with Crippen molar-refractivity contribution in [3.63, 3.8) is 0 Å². The minimum Gasteiger partial charge on any atom is -0.381 e. The molecule has 2 aromatic rings. The molecule has 3 rings (SSSR count). The molecule has 1 heterocycles. The number of nitrogens with one attached hydrogen (secondary N) is 1. The summed E-state index contributed by atoms with van der Waals surface area (Å²) in [7, 11) is 0. The van der Waals surface area contributed by atoms with Crippen LogP contribution in [0.1, 0.15) is 35.6 Å². The third-order valence-electron chi connectivity index (χ3n) is 4.02. The molecule has 1 saturated carbocycles. The zero-order valence-electron chi connectivity index (χ0n) is 11.6. The lowest BCUT2D eigenvalue weighted by atomic mass is 9.75. The summed E-state index contributed by atoms with van der Waals surface area (Å²) in [6.07, 6.45) is 4.28. The van der Waals surface area contributed by atoms with E-state index in [9.17, 15) is 0 Å². The zero-order valence-corrected chi connectivity index (χ0v) is 11.6. The van der Waals surface area contributed by atoms with Crippen molar-refractivity contribution in [1.29, 1.82) is 0 Å². The summed E-state index contributed by atoms with van der Waals surface area (Å²) in [6.45, 7) is 4.22. The summed E-state index contributed by atoms with van der Waals surface area (Å²) in [5.74, 6) is 0.717. The van der Waals surface area contributed by atoms with E-state index in [1.165, 1.54) is 29.7 Å². The molecule has 0 unspecified atom stereocenters. The summed E-state index contributed by atoms with van der Waals surface area (Å²) < 4.78 is 0. The summed E-state index contributed by atoms with van der Waals surface area (Å²) in [5.41, 5.74) is 5.11. The van der Waals surface area contributed by atoms with Crippen molar-refractivity contribution in [1.82, 2.24) is 4.98 Å². The lowest BCUT2D eigenvalue weighted by Gasteiger charge is -2.37. The fourth-order valence-electron chi connectivity index (χ4n) is 2.79. The lowest BCUT2D eigenvalue weighted by molar-refractivity contribution is 0.374. The van der Waals surface area contributed by atoms with Crippen molar-refractivity contribution in [2.45, 2.75) is 38.6 Å². The molecule has 0 amide bonds. The van der Waals surface area contributed by atoms with Gasteiger partial charge in [-0.1, -0.05) is 29.8 Å². The van der Waals surface area contributed by atoms with Gasteiger partial charge in [0.2, 0.25) is 0 Å². The van der Waals surface area contributed by atoms with Crippen LogP contribution in [-0.4, -0.2) is 11.0 Å². The Labute approximate surface area is 114 Å². The first-order valence-electron chi connectivity index (χ1n) is 6.97. The molecule has 0 aliphatic heterocycles. The number of rotatable bonds is 3. The molecule has 0 atom stereocenters. The standard InChI is InChI=1S/C17H20N2/c1-12-5-3-6-14(9-12)15-10-16(11-15)19-17-7-4-8-18-13(17)2/h3-9,15-16,19H,10-11H2,1-2H3. The second-order valence-electron chi connectivity index (χ2n) is 5.56. The van der Waals surface area contributed by atoms with Crippen LogP contribution in [0.15, 0.2) is 42.6 Å². The molecule has 2 nitrogen and oxygen atoms in total. The van der Waals surface area contributed by atoms with Gasteiger partial charge in [-0.2, -0.15) is 0 Å². The van der Waals surface area contributed by atoms with Crippen molar-refractivity contribution in [2.75, 3.05) is 5.32 Å². The van der Waals surface area contributed by atoms with Gasteiger partial charge < -0.3 is 5.32 Å². The average molecular weight is 252 g/mol. The number of anilines is 1. The Bertz CT molecular complexity index is 571. The number of hydrogen-bond donors (Lipinski definition) is 1. The first-order chi connectivity index (χ1) is 9.22. The minimum absolute atomic E-state index is 0.591. The maximum Gasteiger partial charge on any atom is 0.0603 e. The number of nitrogens with zero attached hydrogens (tertiary/aromatic N) is 1. The van der Waals surface area contributed by atoms with Crippen LogP contribution in [0.4, 0.5) is 5.69 Å².